The fourth-order valence-corrected chi connectivity index (χ4v) is 1.53. The van der Waals surface area contributed by atoms with E-state index in [1.54, 1.807) is 6.92 Å². The van der Waals surface area contributed by atoms with Crippen LogP contribution >= 0.6 is 0 Å². The Balaban J connectivity index is 3.07. The number of aliphatic carboxylic acids is 1. The van der Waals surface area contributed by atoms with Gasteiger partial charge in [0, 0.05) is 0 Å². The van der Waals surface area contributed by atoms with E-state index in [1.165, 1.54) is 6.92 Å². The Morgan fingerprint density at radius 2 is 2.00 bits per heavy atom. The summed E-state index contributed by atoms with van der Waals surface area (Å²) in [5.41, 5.74) is 4.67. The molecule has 1 aromatic rings. The number of primary amides is 1. The highest BCUT2D eigenvalue weighted by atomic mass is 16.4. The number of aryl methyl sites for hydroxylation is 1. The SMILES string of the molecule is Cc1n[nH]c(=O)c(C(=O)N[C@H](CC(N)=O)C(=O)O)c1C. The molecule has 5 N–H and O–H groups in total. The first-order chi connectivity index (χ1) is 9.23. The van der Waals surface area contributed by atoms with E-state index in [9.17, 15) is 19.2 Å². The molecule has 1 heterocycles. The summed E-state index contributed by atoms with van der Waals surface area (Å²) >= 11 is 0. The Hall–Kier alpha value is -2.71. The van der Waals surface area contributed by atoms with Crippen LogP contribution < -0.4 is 16.6 Å². The van der Waals surface area contributed by atoms with E-state index in [0.717, 1.165) is 0 Å². The number of aromatic amines is 1. The Morgan fingerprint density at radius 3 is 2.50 bits per heavy atom. The molecule has 0 radical (unpaired) electrons. The quantitative estimate of drug-likeness (QED) is 0.512. The van der Waals surface area contributed by atoms with Crippen molar-refractivity contribution in [3.8, 4) is 0 Å². The fraction of sp³-hybridized carbons (Fsp3) is 0.364. The van der Waals surface area contributed by atoms with Crippen LogP contribution in [0.4, 0.5) is 0 Å². The minimum absolute atomic E-state index is 0.242. The first kappa shape index (κ1) is 15.3. The molecule has 1 aromatic heterocycles. The lowest BCUT2D eigenvalue weighted by Crippen LogP contribution is -2.45. The number of nitrogens with one attached hydrogen (secondary N) is 2. The van der Waals surface area contributed by atoms with Gasteiger partial charge in [-0.1, -0.05) is 0 Å². The molecule has 1 atom stereocenters. The van der Waals surface area contributed by atoms with Crippen molar-refractivity contribution >= 4 is 17.8 Å². The van der Waals surface area contributed by atoms with Gasteiger partial charge in [-0.3, -0.25) is 14.4 Å². The van der Waals surface area contributed by atoms with Gasteiger partial charge in [0.25, 0.3) is 11.5 Å². The van der Waals surface area contributed by atoms with Crippen LogP contribution in [0.2, 0.25) is 0 Å². The minimum atomic E-state index is -1.49. The number of nitrogens with two attached hydrogens (primary N) is 1. The summed E-state index contributed by atoms with van der Waals surface area (Å²) in [5, 5.41) is 16.8. The van der Waals surface area contributed by atoms with E-state index in [-0.39, 0.29) is 5.56 Å². The minimum Gasteiger partial charge on any atom is -0.480 e. The number of hydrogen-bond donors (Lipinski definition) is 4. The lowest BCUT2D eigenvalue weighted by atomic mass is 10.1. The molecule has 0 aliphatic rings. The van der Waals surface area contributed by atoms with Gasteiger partial charge in [0.05, 0.1) is 12.1 Å². The number of carbonyl (C=O) groups excluding carboxylic acids is 2. The van der Waals surface area contributed by atoms with E-state index in [1.807, 2.05) is 0 Å². The summed E-state index contributed by atoms with van der Waals surface area (Å²) in [4.78, 5) is 45.2. The van der Waals surface area contributed by atoms with Crippen molar-refractivity contribution in [3.63, 3.8) is 0 Å². The Labute approximate surface area is 113 Å². The molecule has 1 rings (SSSR count). The van der Waals surface area contributed by atoms with E-state index in [4.69, 9.17) is 10.8 Å². The predicted molar refractivity (Wildman–Crippen MR) is 67.0 cm³/mol. The molecule has 0 spiro atoms. The van der Waals surface area contributed by atoms with Crippen molar-refractivity contribution in [3.05, 3.63) is 27.2 Å². The third kappa shape index (κ3) is 3.40. The molecule has 0 saturated carbocycles. The molecule has 20 heavy (non-hydrogen) atoms. The summed E-state index contributed by atoms with van der Waals surface area (Å²) in [6.45, 7) is 3.09. The number of carboxylic acid groups (broad SMARTS) is 1. The van der Waals surface area contributed by atoms with Gasteiger partial charge in [0.2, 0.25) is 5.91 Å². The number of H-pyrrole nitrogens is 1. The van der Waals surface area contributed by atoms with E-state index in [0.29, 0.717) is 11.3 Å². The highest BCUT2D eigenvalue weighted by Crippen LogP contribution is 2.05. The van der Waals surface area contributed by atoms with Crippen molar-refractivity contribution in [1.29, 1.82) is 0 Å². The molecule has 9 heteroatoms. The summed E-state index contributed by atoms with van der Waals surface area (Å²) in [6, 6.07) is -1.49. The zero-order valence-corrected chi connectivity index (χ0v) is 10.9. The second-order valence-corrected chi connectivity index (χ2v) is 4.17. The lowest BCUT2D eigenvalue weighted by Gasteiger charge is -2.13. The molecule has 0 unspecified atom stereocenters. The van der Waals surface area contributed by atoms with Crippen LogP contribution in [0, 0.1) is 13.8 Å². The lowest BCUT2D eigenvalue weighted by molar-refractivity contribution is -0.140. The van der Waals surface area contributed by atoms with Crippen molar-refractivity contribution in [2.45, 2.75) is 26.3 Å². The third-order valence-corrected chi connectivity index (χ3v) is 2.71. The highest BCUT2D eigenvalue weighted by molar-refractivity contribution is 5.98. The second-order valence-electron chi connectivity index (χ2n) is 4.17. The number of rotatable bonds is 5. The molecule has 0 aromatic carbocycles. The number of hydrogen-bond acceptors (Lipinski definition) is 5. The van der Waals surface area contributed by atoms with Crippen LogP contribution in [-0.4, -0.2) is 39.1 Å². The monoisotopic (exact) mass is 282 g/mol. The zero-order chi connectivity index (χ0) is 15.4. The van der Waals surface area contributed by atoms with Gasteiger partial charge < -0.3 is 16.2 Å². The van der Waals surface area contributed by atoms with Crippen molar-refractivity contribution in [1.82, 2.24) is 15.5 Å². The Morgan fingerprint density at radius 1 is 1.40 bits per heavy atom. The molecular formula is C11H14N4O5. The fourth-order valence-electron chi connectivity index (χ4n) is 1.53. The van der Waals surface area contributed by atoms with Crippen LogP contribution in [0.5, 0.6) is 0 Å². The van der Waals surface area contributed by atoms with Gasteiger partial charge in [0.1, 0.15) is 11.6 Å². The van der Waals surface area contributed by atoms with Crippen molar-refractivity contribution in [2.75, 3.05) is 0 Å². The number of nitrogens with zero attached hydrogens (tertiary/aromatic N) is 1. The standard InChI is InChI=1S/C11H14N4O5/c1-4-5(2)14-15-10(18)8(4)9(17)13-6(11(19)20)3-7(12)16/h6H,3H2,1-2H3,(H2,12,16)(H,13,17)(H,15,18)(H,19,20)/t6-/m1/s1. The van der Waals surface area contributed by atoms with Gasteiger partial charge in [-0.25, -0.2) is 9.89 Å². The van der Waals surface area contributed by atoms with E-state index in [2.05, 4.69) is 15.5 Å². The third-order valence-electron chi connectivity index (χ3n) is 2.71. The van der Waals surface area contributed by atoms with E-state index >= 15 is 0 Å². The molecule has 0 aliphatic heterocycles. The first-order valence-corrected chi connectivity index (χ1v) is 5.62. The van der Waals surface area contributed by atoms with Gasteiger partial charge in [0.15, 0.2) is 0 Å². The average Bonchev–Trinajstić information content (AvgIpc) is 2.33. The van der Waals surface area contributed by atoms with Gasteiger partial charge >= 0.3 is 5.97 Å². The van der Waals surface area contributed by atoms with Crippen LogP contribution in [0.25, 0.3) is 0 Å². The Bertz CT molecular complexity index is 622. The smallest absolute Gasteiger partial charge is 0.326 e. The molecular weight excluding hydrogens is 268 g/mol. The molecule has 9 nitrogen and oxygen atoms in total. The topological polar surface area (TPSA) is 155 Å². The summed E-state index contributed by atoms with van der Waals surface area (Å²) in [7, 11) is 0. The molecule has 0 saturated heterocycles. The summed E-state index contributed by atoms with van der Waals surface area (Å²) in [6.07, 6.45) is -0.567. The van der Waals surface area contributed by atoms with Crippen LogP contribution in [0.3, 0.4) is 0 Å². The number of carboxylic acids is 1. The molecule has 0 fully saturated rings. The van der Waals surface area contributed by atoms with Crippen molar-refractivity contribution < 1.29 is 19.5 Å². The van der Waals surface area contributed by atoms with Gasteiger partial charge in [-0.2, -0.15) is 5.10 Å². The molecule has 0 bridgehead atoms. The zero-order valence-electron chi connectivity index (χ0n) is 10.9. The first-order valence-electron chi connectivity index (χ1n) is 5.62. The normalized spacial score (nSPS) is 11.7. The number of aromatic nitrogens is 2. The maximum atomic E-state index is 12.0. The molecule has 108 valence electrons. The van der Waals surface area contributed by atoms with Crippen LogP contribution in [-0.2, 0) is 9.59 Å². The Kier molecular flexibility index (Phi) is 4.57. The van der Waals surface area contributed by atoms with Gasteiger partial charge in [-0.05, 0) is 19.4 Å². The van der Waals surface area contributed by atoms with E-state index < -0.39 is 35.8 Å². The van der Waals surface area contributed by atoms with Crippen LogP contribution in [0.15, 0.2) is 4.79 Å². The molecule has 2 amide bonds. The van der Waals surface area contributed by atoms with Gasteiger partial charge in [-0.15, -0.1) is 0 Å². The van der Waals surface area contributed by atoms with Crippen molar-refractivity contribution in [2.24, 2.45) is 5.73 Å². The highest BCUT2D eigenvalue weighted by Gasteiger charge is 2.25. The molecule has 0 aliphatic carbocycles. The maximum Gasteiger partial charge on any atom is 0.326 e. The second kappa shape index (κ2) is 5.95. The average molecular weight is 282 g/mol. The maximum absolute atomic E-state index is 12.0. The number of amides is 2. The summed E-state index contributed by atoms with van der Waals surface area (Å²) in [5.74, 6) is -3.20. The van der Waals surface area contributed by atoms with Crippen LogP contribution in [0.1, 0.15) is 28.0 Å². The predicted octanol–water partition coefficient (Wildman–Crippen LogP) is -1.55. The summed E-state index contributed by atoms with van der Waals surface area (Å²) < 4.78 is 0. The number of carbonyl (C=O) groups is 3. The largest absolute Gasteiger partial charge is 0.480 e.